The minimum atomic E-state index is -1.13. The number of pyridine rings is 1. The lowest BCUT2D eigenvalue weighted by atomic mass is 10.1. The Hall–Kier alpha value is -4.00. The lowest BCUT2D eigenvalue weighted by Gasteiger charge is -2.06. The molecule has 2 aromatic carbocycles. The van der Waals surface area contributed by atoms with Gasteiger partial charge in [0, 0.05) is 23.6 Å². The Bertz CT molecular complexity index is 1120. The second-order valence-electron chi connectivity index (χ2n) is 5.90. The fourth-order valence-electron chi connectivity index (χ4n) is 2.69. The molecule has 7 heteroatoms. The summed E-state index contributed by atoms with van der Waals surface area (Å²) in [5, 5.41) is 11.7. The lowest BCUT2D eigenvalue weighted by molar-refractivity contribution is 0.0696. The van der Waals surface area contributed by atoms with Crippen molar-refractivity contribution in [1.82, 2.24) is 15.0 Å². The van der Waals surface area contributed by atoms with E-state index in [4.69, 9.17) is 5.11 Å². The van der Waals surface area contributed by atoms with E-state index in [0.29, 0.717) is 5.69 Å². The van der Waals surface area contributed by atoms with Crippen LogP contribution in [0.1, 0.15) is 20.7 Å². The highest BCUT2D eigenvalue weighted by Crippen LogP contribution is 2.22. The van der Waals surface area contributed by atoms with E-state index in [1.165, 1.54) is 18.5 Å². The maximum absolute atomic E-state index is 12.3. The van der Waals surface area contributed by atoms with Crippen molar-refractivity contribution in [2.24, 2.45) is 0 Å². The van der Waals surface area contributed by atoms with E-state index in [0.717, 1.165) is 22.4 Å². The van der Waals surface area contributed by atoms with Gasteiger partial charge in [0.15, 0.2) is 0 Å². The van der Waals surface area contributed by atoms with Crippen molar-refractivity contribution in [3.63, 3.8) is 0 Å². The van der Waals surface area contributed by atoms with E-state index in [2.05, 4.69) is 20.3 Å². The number of rotatable bonds is 4. The number of aromatic carboxylic acids is 1. The number of carboxylic acids is 1. The zero-order valence-corrected chi connectivity index (χ0v) is 14.0. The van der Waals surface area contributed by atoms with Crippen LogP contribution in [0.4, 0.5) is 5.69 Å². The predicted octanol–water partition coefficient (Wildman–Crippen LogP) is 3.58. The molecule has 0 radical (unpaired) electrons. The van der Waals surface area contributed by atoms with Crippen LogP contribution in [0.15, 0.2) is 67.0 Å². The Morgan fingerprint density at radius 1 is 0.963 bits per heavy atom. The summed E-state index contributed by atoms with van der Waals surface area (Å²) < 4.78 is 0. The zero-order valence-electron chi connectivity index (χ0n) is 14.0. The number of hydrogen-bond acceptors (Lipinski definition) is 4. The van der Waals surface area contributed by atoms with Crippen LogP contribution in [0.2, 0.25) is 0 Å². The summed E-state index contributed by atoms with van der Waals surface area (Å²) in [6, 6.07) is 16.3. The molecule has 0 saturated carbocycles. The molecular formula is C20H14N4O3. The second kappa shape index (κ2) is 6.72. The minimum absolute atomic E-state index is 0.0390. The fraction of sp³-hybridized carbons (Fsp3) is 0. The number of carbonyl (C=O) groups excluding carboxylic acids is 1. The lowest BCUT2D eigenvalue weighted by Crippen LogP contribution is -2.13. The van der Waals surface area contributed by atoms with Gasteiger partial charge in [-0.25, -0.2) is 9.78 Å². The number of carboxylic acid groups (broad SMARTS) is 1. The monoisotopic (exact) mass is 358 g/mol. The highest BCUT2D eigenvalue weighted by molar-refractivity contribution is 6.05. The Balaban J connectivity index is 1.53. The molecule has 0 aliphatic rings. The van der Waals surface area contributed by atoms with Crippen molar-refractivity contribution in [2.45, 2.75) is 0 Å². The van der Waals surface area contributed by atoms with Gasteiger partial charge in [-0.05, 0) is 42.5 Å². The molecule has 0 atom stereocenters. The Morgan fingerprint density at radius 2 is 1.70 bits per heavy atom. The van der Waals surface area contributed by atoms with Crippen LogP contribution < -0.4 is 5.32 Å². The first-order valence-corrected chi connectivity index (χ1v) is 8.15. The van der Waals surface area contributed by atoms with Gasteiger partial charge in [-0.15, -0.1) is 0 Å². The smallest absolute Gasteiger partial charge is 0.337 e. The topological polar surface area (TPSA) is 108 Å². The highest BCUT2D eigenvalue weighted by Gasteiger charge is 2.11. The summed E-state index contributed by atoms with van der Waals surface area (Å²) in [7, 11) is 0. The molecule has 3 N–H and O–H groups in total. The SMILES string of the molecule is O=C(O)c1cncc(C(=O)Nc2ccc(-c3nc4ccccc4[nH]3)cc2)c1. The molecule has 1 amide bonds. The van der Waals surface area contributed by atoms with E-state index in [1.807, 2.05) is 36.4 Å². The van der Waals surface area contributed by atoms with Gasteiger partial charge < -0.3 is 15.4 Å². The molecule has 2 aromatic heterocycles. The number of para-hydroxylation sites is 2. The third-order valence-corrected chi connectivity index (χ3v) is 4.05. The number of carbonyl (C=O) groups is 2. The maximum atomic E-state index is 12.3. The summed E-state index contributed by atoms with van der Waals surface area (Å²) in [4.78, 5) is 34.9. The summed E-state index contributed by atoms with van der Waals surface area (Å²) in [6.45, 7) is 0. The first-order valence-electron chi connectivity index (χ1n) is 8.15. The molecule has 0 fully saturated rings. The largest absolute Gasteiger partial charge is 0.478 e. The Kier molecular flexibility index (Phi) is 4.10. The van der Waals surface area contributed by atoms with Gasteiger partial charge in [0.1, 0.15) is 5.82 Å². The van der Waals surface area contributed by atoms with E-state index < -0.39 is 11.9 Å². The van der Waals surface area contributed by atoms with E-state index >= 15 is 0 Å². The molecule has 4 aromatic rings. The van der Waals surface area contributed by atoms with Crippen molar-refractivity contribution in [2.75, 3.05) is 5.32 Å². The summed E-state index contributed by atoms with van der Waals surface area (Å²) in [5.74, 6) is -0.818. The van der Waals surface area contributed by atoms with Crippen molar-refractivity contribution >= 4 is 28.6 Å². The third-order valence-electron chi connectivity index (χ3n) is 4.05. The molecule has 4 rings (SSSR count). The third kappa shape index (κ3) is 3.38. The van der Waals surface area contributed by atoms with E-state index in [-0.39, 0.29) is 11.1 Å². The number of imidazole rings is 1. The number of nitrogens with zero attached hydrogens (tertiary/aromatic N) is 2. The fourth-order valence-corrected chi connectivity index (χ4v) is 2.69. The normalized spacial score (nSPS) is 10.7. The quantitative estimate of drug-likeness (QED) is 0.517. The number of anilines is 1. The van der Waals surface area contributed by atoms with Crippen molar-refractivity contribution < 1.29 is 14.7 Å². The molecule has 7 nitrogen and oxygen atoms in total. The van der Waals surface area contributed by atoms with Gasteiger partial charge in [0.05, 0.1) is 22.2 Å². The second-order valence-corrected chi connectivity index (χ2v) is 5.90. The van der Waals surface area contributed by atoms with Gasteiger partial charge in [-0.1, -0.05) is 12.1 Å². The molecule has 0 unspecified atom stereocenters. The van der Waals surface area contributed by atoms with Gasteiger partial charge in [-0.2, -0.15) is 0 Å². The molecular weight excluding hydrogens is 344 g/mol. The van der Waals surface area contributed by atoms with Crippen LogP contribution >= 0.6 is 0 Å². The van der Waals surface area contributed by atoms with Gasteiger partial charge in [-0.3, -0.25) is 9.78 Å². The number of fused-ring (bicyclic) bond motifs is 1. The van der Waals surface area contributed by atoms with Crippen LogP contribution in [0.5, 0.6) is 0 Å². The van der Waals surface area contributed by atoms with Gasteiger partial charge >= 0.3 is 5.97 Å². The number of aromatic nitrogens is 3. The van der Waals surface area contributed by atoms with Crippen molar-refractivity contribution in [3.8, 4) is 11.4 Å². The molecule has 0 spiro atoms. The van der Waals surface area contributed by atoms with E-state index in [1.54, 1.807) is 12.1 Å². The average molecular weight is 358 g/mol. The van der Waals surface area contributed by atoms with Crippen LogP contribution in [0.25, 0.3) is 22.4 Å². The summed E-state index contributed by atoms with van der Waals surface area (Å²) in [6.07, 6.45) is 2.52. The number of aromatic amines is 1. The molecule has 0 aliphatic carbocycles. The summed E-state index contributed by atoms with van der Waals surface area (Å²) in [5.41, 5.74) is 3.45. The minimum Gasteiger partial charge on any atom is -0.478 e. The van der Waals surface area contributed by atoms with Crippen LogP contribution in [-0.4, -0.2) is 31.9 Å². The van der Waals surface area contributed by atoms with Crippen molar-refractivity contribution in [3.05, 3.63) is 78.1 Å². The molecule has 2 heterocycles. The number of nitrogens with one attached hydrogen (secondary N) is 2. The Labute approximate surface area is 153 Å². The van der Waals surface area contributed by atoms with Gasteiger partial charge in [0.2, 0.25) is 0 Å². The average Bonchev–Trinajstić information content (AvgIpc) is 3.13. The summed E-state index contributed by atoms with van der Waals surface area (Å²) >= 11 is 0. The highest BCUT2D eigenvalue weighted by atomic mass is 16.4. The molecule has 0 aliphatic heterocycles. The number of hydrogen-bond donors (Lipinski definition) is 3. The van der Waals surface area contributed by atoms with Crippen molar-refractivity contribution in [1.29, 1.82) is 0 Å². The van der Waals surface area contributed by atoms with E-state index in [9.17, 15) is 9.59 Å². The first-order chi connectivity index (χ1) is 13.1. The van der Waals surface area contributed by atoms with Gasteiger partial charge in [0.25, 0.3) is 5.91 Å². The first kappa shape index (κ1) is 16.5. The zero-order chi connectivity index (χ0) is 18.8. The molecule has 27 heavy (non-hydrogen) atoms. The van der Waals surface area contributed by atoms with Crippen LogP contribution in [-0.2, 0) is 0 Å². The molecule has 0 bridgehead atoms. The molecule has 0 saturated heterocycles. The number of benzene rings is 2. The van der Waals surface area contributed by atoms with Crippen LogP contribution in [0, 0.1) is 0 Å². The Morgan fingerprint density at radius 3 is 2.44 bits per heavy atom. The standard InChI is InChI=1S/C20H14N4O3/c25-19(13-9-14(20(26)27)11-21-10-13)22-15-7-5-12(6-8-15)18-23-16-3-1-2-4-17(16)24-18/h1-11H,(H,22,25)(H,23,24)(H,26,27). The predicted molar refractivity (Wildman–Crippen MR) is 101 cm³/mol. The maximum Gasteiger partial charge on any atom is 0.337 e. The van der Waals surface area contributed by atoms with Crippen LogP contribution in [0.3, 0.4) is 0 Å². The number of H-pyrrole nitrogens is 1. The molecule has 132 valence electrons. The number of amides is 1.